The molecular formula is C13H16ClF3N2. The molecule has 1 fully saturated rings. The lowest BCUT2D eigenvalue weighted by Crippen LogP contribution is -2.30. The normalized spacial score (nSPS) is 20.0. The SMILES string of the molecule is FC(F)(F)c1ccc(N2CCCC2CCCCl)nc1. The van der Waals surface area contributed by atoms with Gasteiger partial charge >= 0.3 is 6.18 Å². The van der Waals surface area contributed by atoms with Crippen LogP contribution >= 0.6 is 11.6 Å². The lowest BCUT2D eigenvalue weighted by molar-refractivity contribution is -0.137. The summed E-state index contributed by atoms with van der Waals surface area (Å²) >= 11 is 5.69. The zero-order valence-electron chi connectivity index (χ0n) is 10.5. The molecule has 0 bridgehead atoms. The predicted molar refractivity (Wildman–Crippen MR) is 69.6 cm³/mol. The summed E-state index contributed by atoms with van der Waals surface area (Å²) in [6.45, 7) is 0.852. The maximum atomic E-state index is 12.5. The summed E-state index contributed by atoms with van der Waals surface area (Å²) in [4.78, 5) is 6.05. The molecule has 0 spiro atoms. The summed E-state index contributed by atoms with van der Waals surface area (Å²) in [7, 11) is 0. The third kappa shape index (κ3) is 3.53. The summed E-state index contributed by atoms with van der Waals surface area (Å²) in [5, 5.41) is 0. The Morgan fingerprint density at radius 1 is 1.37 bits per heavy atom. The van der Waals surface area contributed by atoms with Crippen molar-refractivity contribution in [3.8, 4) is 0 Å². The number of halogens is 4. The van der Waals surface area contributed by atoms with E-state index in [0.29, 0.717) is 17.7 Å². The Morgan fingerprint density at radius 2 is 2.16 bits per heavy atom. The summed E-state index contributed by atoms with van der Waals surface area (Å²) in [6.07, 6.45) is 0.575. The largest absolute Gasteiger partial charge is 0.417 e. The highest BCUT2D eigenvalue weighted by Gasteiger charge is 2.31. The molecule has 2 rings (SSSR count). The van der Waals surface area contributed by atoms with Gasteiger partial charge < -0.3 is 4.90 Å². The molecule has 1 aromatic heterocycles. The minimum atomic E-state index is -4.32. The van der Waals surface area contributed by atoms with Crippen molar-refractivity contribution in [1.82, 2.24) is 4.98 Å². The van der Waals surface area contributed by atoms with Crippen LogP contribution in [0.5, 0.6) is 0 Å². The standard InChI is InChI=1S/C13H16ClF3N2/c14-7-1-3-11-4-2-8-19(11)12-6-5-10(9-18-12)13(15,16)17/h5-6,9,11H,1-4,7-8H2. The van der Waals surface area contributed by atoms with Gasteiger partial charge in [-0.15, -0.1) is 11.6 Å². The quantitative estimate of drug-likeness (QED) is 0.777. The Labute approximate surface area is 115 Å². The summed E-state index contributed by atoms with van der Waals surface area (Å²) in [6, 6.07) is 2.91. The molecule has 0 radical (unpaired) electrons. The van der Waals surface area contributed by atoms with E-state index in [-0.39, 0.29) is 0 Å². The second-order valence-corrected chi connectivity index (χ2v) is 5.10. The Bertz CT molecular complexity index is 405. The third-order valence-corrected chi connectivity index (χ3v) is 3.68. The van der Waals surface area contributed by atoms with Crippen LogP contribution in [0.25, 0.3) is 0 Å². The van der Waals surface area contributed by atoms with E-state index in [0.717, 1.165) is 44.5 Å². The van der Waals surface area contributed by atoms with Crippen molar-refractivity contribution in [1.29, 1.82) is 0 Å². The number of hydrogen-bond acceptors (Lipinski definition) is 2. The van der Waals surface area contributed by atoms with Gasteiger partial charge in [-0.2, -0.15) is 13.2 Å². The minimum Gasteiger partial charge on any atom is -0.354 e. The third-order valence-electron chi connectivity index (χ3n) is 3.42. The van der Waals surface area contributed by atoms with E-state index in [1.807, 2.05) is 0 Å². The maximum absolute atomic E-state index is 12.5. The number of anilines is 1. The molecule has 1 aliphatic rings. The second-order valence-electron chi connectivity index (χ2n) is 4.72. The summed E-state index contributed by atoms with van der Waals surface area (Å²) in [5.41, 5.74) is -0.701. The van der Waals surface area contributed by atoms with E-state index in [1.165, 1.54) is 6.07 Å². The number of nitrogens with zero attached hydrogens (tertiary/aromatic N) is 2. The molecule has 1 aromatic rings. The van der Waals surface area contributed by atoms with Crippen molar-refractivity contribution in [2.45, 2.75) is 37.9 Å². The molecule has 1 unspecified atom stereocenters. The van der Waals surface area contributed by atoms with Gasteiger partial charge in [0.25, 0.3) is 0 Å². The number of hydrogen-bond donors (Lipinski definition) is 0. The van der Waals surface area contributed by atoms with Gasteiger partial charge in [-0.1, -0.05) is 0 Å². The summed E-state index contributed by atoms with van der Waals surface area (Å²) in [5.74, 6) is 1.25. The van der Waals surface area contributed by atoms with Crippen LogP contribution in [0, 0.1) is 0 Å². The van der Waals surface area contributed by atoms with Crippen molar-refractivity contribution < 1.29 is 13.2 Å². The highest BCUT2D eigenvalue weighted by molar-refractivity contribution is 6.17. The first kappa shape index (κ1) is 14.4. The fourth-order valence-electron chi connectivity index (χ4n) is 2.47. The average Bonchev–Trinajstić information content (AvgIpc) is 2.83. The molecule has 1 atom stereocenters. The fraction of sp³-hybridized carbons (Fsp3) is 0.615. The molecule has 0 N–H and O–H groups in total. The average molecular weight is 293 g/mol. The highest BCUT2D eigenvalue weighted by atomic mass is 35.5. The Hall–Kier alpha value is -0.970. The lowest BCUT2D eigenvalue weighted by Gasteiger charge is -2.25. The van der Waals surface area contributed by atoms with E-state index in [9.17, 15) is 13.2 Å². The number of rotatable bonds is 4. The maximum Gasteiger partial charge on any atom is 0.417 e. The molecule has 0 saturated carbocycles. The van der Waals surface area contributed by atoms with Crippen LogP contribution in [0.1, 0.15) is 31.2 Å². The second kappa shape index (κ2) is 5.99. The highest BCUT2D eigenvalue weighted by Crippen LogP contribution is 2.31. The fourth-order valence-corrected chi connectivity index (χ4v) is 2.63. The first-order chi connectivity index (χ1) is 9.02. The molecule has 1 saturated heterocycles. The summed E-state index contributed by atoms with van der Waals surface area (Å²) < 4.78 is 37.4. The van der Waals surface area contributed by atoms with Gasteiger partial charge in [0.2, 0.25) is 0 Å². The topological polar surface area (TPSA) is 16.1 Å². The van der Waals surface area contributed by atoms with Gasteiger partial charge in [-0.25, -0.2) is 4.98 Å². The van der Waals surface area contributed by atoms with Crippen molar-refractivity contribution in [3.05, 3.63) is 23.9 Å². The van der Waals surface area contributed by atoms with Crippen LogP contribution in [0.15, 0.2) is 18.3 Å². The van der Waals surface area contributed by atoms with Crippen LogP contribution in [0.3, 0.4) is 0 Å². The van der Waals surface area contributed by atoms with E-state index >= 15 is 0 Å². The van der Waals surface area contributed by atoms with Crippen LogP contribution in [-0.2, 0) is 6.18 Å². The van der Waals surface area contributed by atoms with Crippen LogP contribution in [-0.4, -0.2) is 23.5 Å². The smallest absolute Gasteiger partial charge is 0.354 e. The first-order valence-corrected chi connectivity index (χ1v) is 6.91. The monoisotopic (exact) mass is 292 g/mol. The molecular weight excluding hydrogens is 277 g/mol. The van der Waals surface area contributed by atoms with Crippen LogP contribution in [0.4, 0.5) is 19.0 Å². The van der Waals surface area contributed by atoms with E-state index in [4.69, 9.17) is 11.6 Å². The van der Waals surface area contributed by atoms with E-state index in [1.54, 1.807) is 0 Å². The molecule has 2 heterocycles. The van der Waals surface area contributed by atoms with Gasteiger partial charge in [0, 0.05) is 24.7 Å². The number of pyridine rings is 1. The van der Waals surface area contributed by atoms with Gasteiger partial charge in [-0.3, -0.25) is 0 Å². The van der Waals surface area contributed by atoms with Gasteiger partial charge in [0.15, 0.2) is 0 Å². The van der Waals surface area contributed by atoms with Crippen molar-refractivity contribution in [3.63, 3.8) is 0 Å². The molecule has 0 aromatic carbocycles. The molecule has 19 heavy (non-hydrogen) atoms. The number of alkyl halides is 4. The van der Waals surface area contributed by atoms with Gasteiger partial charge in [0.1, 0.15) is 5.82 Å². The van der Waals surface area contributed by atoms with Crippen molar-refractivity contribution in [2.24, 2.45) is 0 Å². The molecule has 0 aliphatic carbocycles. The van der Waals surface area contributed by atoms with E-state index in [2.05, 4.69) is 9.88 Å². The van der Waals surface area contributed by atoms with Crippen LogP contribution < -0.4 is 4.90 Å². The Balaban J connectivity index is 2.08. The van der Waals surface area contributed by atoms with Crippen molar-refractivity contribution in [2.75, 3.05) is 17.3 Å². The van der Waals surface area contributed by atoms with Crippen molar-refractivity contribution >= 4 is 17.4 Å². The Morgan fingerprint density at radius 3 is 2.74 bits per heavy atom. The predicted octanol–water partition coefficient (Wildman–Crippen LogP) is 4.09. The van der Waals surface area contributed by atoms with Crippen LogP contribution in [0.2, 0.25) is 0 Å². The Kier molecular flexibility index (Phi) is 4.55. The zero-order valence-corrected chi connectivity index (χ0v) is 11.2. The first-order valence-electron chi connectivity index (χ1n) is 6.38. The van der Waals surface area contributed by atoms with E-state index < -0.39 is 11.7 Å². The van der Waals surface area contributed by atoms with Gasteiger partial charge in [0.05, 0.1) is 5.56 Å². The molecule has 2 nitrogen and oxygen atoms in total. The van der Waals surface area contributed by atoms with Gasteiger partial charge in [-0.05, 0) is 37.8 Å². The minimum absolute atomic E-state index is 0.350. The molecule has 1 aliphatic heterocycles. The molecule has 0 amide bonds. The molecule has 106 valence electrons. The molecule has 6 heteroatoms. The number of aromatic nitrogens is 1. The lowest BCUT2D eigenvalue weighted by atomic mass is 10.1. The zero-order chi connectivity index (χ0) is 13.9.